The van der Waals surface area contributed by atoms with Crippen LogP contribution in [0.15, 0.2) is 15.8 Å². The summed E-state index contributed by atoms with van der Waals surface area (Å²) in [5.74, 6) is 0. The molecule has 6 nitrogen and oxygen atoms in total. The van der Waals surface area contributed by atoms with E-state index in [0.29, 0.717) is 0 Å². The minimum atomic E-state index is -0.550. The predicted octanol–water partition coefficient (Wildman–Crippen LogP) is -1.14. The Labute approximate surface area is 73.6 Å². The molecule has 0 saturated carbocycles. The summed E-state index contributed by atoms with van der Waals surface area (Å²) in [5, 5.41) is 11.6. The maximum atomic E-state index is 11.0. The summed E-state index contributed by atoms with van der Waals surface area (Å²) in [4.78, 5) is 26.0. The molecule has 0 fully saturated rings. The lowest BCUT2D eigenvalue weighted by Crippen LogP contribution is -2.26. The molecule has 1 rings (SSSR count). The first kappa shape index (κ1) is 9.53. The van der Waals surface area contributed by atoms with E-state index < -0.39 is 17.4 Å². The molecule has 1 atom stereocenters. The Hall–Kier alpha value is -1.56. The van der Waals surface area contributed by atoms with Gasteiger partial charge in [0.25, 0.3) is 5.56 Å². The van der Waals surface area contributed by atoms with Crippen LogP contribution in [0.25, 0.3) is 0 Å². The Bertz CT molecular complexity index is 379. The fourth-order valence-corrected chi connectivity index (χ4v) is 0.799. The number of aliphatic hydroxyl groups is 1. The van der Waals surface area contributed by atoms with E-state index in [1.165, 1.54) is 6.20 Å². The van der Waals surface area contributed by atoms with Crippen LogP contribution in [0.1, 0.15) is 6.92 Å². The Kier molecular flexibility index (Phi) is 2.86. The summed E-state index contributed by atoms with van der Waals surface area (Å²) in [6.45, 7) is 1.85. The molecule has 0 amide bonds. The molecule has 0 aliphatic heterocycles. The summed E-state index contributed by atoms with van der Waals surface area (Å²) < 4.78 is 0. The lowest BCUT2D eigenvalue weighted by atomic mass is 10.4. The molecule has 1 aromatic heterocycles. The number of aliphatic hydroxyl groups excluding tert-OH is 1. The van der Waals surface area contributed by atoms with Gasteiger partial charge in [0.1, 0.15) is 5.69 Å². The highest BCUT2D eigenvalue weighted by Crippen LogP contribution is 1.91. The predicted molar refractivity (Wildman–Crippen MR) is 47.9 cm³/mol. The number of hydrogen-bond acceptors (Lipinski definition) is 4. The van der Waals surface area contributed by atoms with Gasteiger partial charge in [-0.2, -0.15) is 0 Å². The van der Waals surface area contributed by atoms with E-state index in [4.69, 9.17) is 5.11 Å². The molecule has 0 radical (unpaired) electrons. The third-order valence-corrected chi connectivity index (χ3v) is 1.41. The molecule has 72 valence electrons. The lowest BCUT2D eigenvalue weighted by molar-refractivity contribution is 0.208. The van der Waals surface area contributed by atoms with Crippen LogP contribution in [0.4, 0.5) is 5.69 Å². The quantitative estimate of drug-likeness (QED) is 0.478. The topological polar surface area (TPSA) is 98.0 Å². The molecule has 6 heteroatoms. The van der Waals surface area contributed by atoms with Crippen molar-refractivity contribution in [2.45, 2.75) is 13.0 Å². The summed E-state index contributed by atoms with van der Waals surface area (Å²) in [6.07, 6.45) is 0.718. The summed E-state index contributed by atoms with van der Waals surface area (Å²) in [5.41, 5.74) is -0.808. The molecule has 4 N–H and O–H groups in total. The average molecular weight is 185 g/mol. The number of rotatable bonds is 3. The Morgan fingerprint density at radius 1 is 1.62 bits per heavy atom. The monoisotopic (exact) mass is 185 g/mol. The van der Waals surface area contributed by atoms with E-state index in [-0.39, 0.29) is 12.2 Å². The van der Waals surface area contributed by atoms with Gasteiger partial charge in [-0.25, -0.2) is 4.79 Å². The second kappa shape index (κ2) is 3.90. The van der Waals surface area contributed by atoms with Crippen LogP contribution in [0.5, 0.6) is 0 Å². The fraction of sp³-hybridized carbons (Fsp3) is 0.429. The molecule has 0 unspecified atom stereocenters. The van der Waals surface area contributed by atoms with Crippen molar-refractivity contribution >= 4 is 5.69 Å². The molecule has 0 aromatic carbocycles. The molecule has 0 spiro atoms. The molecule has 0 bridgehead atoms. The fourth-order valence-electron chi connectivity index (χ4n) is 0.799. The zero-order valence-electron chi connectivity index (χ0n) is 7.13. The Morgan fingerprint density at radius 3 is 2.85 bits per heavy atom. The summed E-state index contributed by atoms with van der Waals surface area (Å²) in [7, 11) is 0. The smallest absolute Gasteiger partial charge is 0.325 e. The van der Waals surface area contributed by atoms with Gasteiger partial charge < -0.3 is 15.4 Å². The van der Waals surface area contributed by atoms with Gasteiger partial charge in [-0.15, -0.1) is 0 Å². The van der Waals surface area contributed by atoms with Gasteiger partial charge in [-0.05, 0) is 6.92 Å². The van der Waals surface area contributed by atoms with Crippen molar-refractivity contribution in [1.29, 1.82) is 0 Å². The highest BCUT2D eigenvalue weighted by Gasteiger charge is 2.00. The molecular weight excluding hydrogens is 174 g/mol. The minimum absolute atomic E-state index is 0.237. The highest BCUT2D eigenvalue weighted by molar-refractivity contribution is 5.37. The van der Waals surface area contributed by atoms with Crippen LogP contribution in [0.2, 0.25) is 0 Å². The van der Waals surface area contributed by atoms with E-state index in [1.54, 1.807) is 6.92 Å². The third kappa shape index (κ3) is 2.75. The van der Waals surface area contributed by atoms with E-state index in [0.717, 1.165) is 0 Å². The van der Waals surface area contributed by atoms with Crippen molar-refractivity contribution < 1.29 is 5.11 Å². The highest BCUT2D eigenvalue weighted by atomic mass is 16.3. The number of aromatic amines is 2. The molecule has 13 heavy (non-hydrogen) atoms. The largest absolute Gasteiger partial charge is 0.392 e. The van der Waals surface area contributed by atoms with Crippen LogP contribution >= 0.6 is 0 Å². The summed E-state index contributed by atoms with van der Waals surface area (Å²) in [6, 6.07) is 0. The molecule has 0 saturated heterocycles. The SMILES string of the molecule is C[C@@H](O)CNc1c[nH]c(=O)[nH]c1=O. The number of aromatic nitrogens is 2. The lowest BCUT2D eigenvalue weighted by Gasteiger charge is -2.05. The Morgan fingerprint density at radius 2 is 2.31 bits per heavy atom. The standard InChI is InChI=1S/C7H11N3O3/c1-4(11)2-8-5-3-9-7(13)10-6(5)12/h3-4,8,11H,2H2,1H3,(H2,9,10,12,13)/t4-/m1/s1. The van der Waals surface area contributed by atoms with E-state index in [2.05, 4.69) is 15.3 Å². The van der Waals surface area contributed by atoms with Crippen molar-refractivity contribution in [2.24, 2.45) is 0 Å². The van der Waals surface area contributed by atoms with Crippen LogP contribution in [0, 0.1) is 0 Å². The molecule has 1 aromatic rings. The number of nitrogens with one attached hydrogen (secondary N) is 3. The van der Waals surface area contributed by atoms with Gasteiger partial charge in [-0.3, -0.25) is 9.78 Å². The normalized spacial score (nSPS) is 12.5. The minimum Gasteiger partial charge on any atom is -0.392 e. The van der Waals surface area contributed by atoms with Gasteiger partial charge in [0.05, 0.1) is 6.10 Å². The second-order valence-corrected chi connectivity index (χ2v) is 2.72. The van der Waals surface area contributed by atoms with Crippen LogP contribution in [-0.2, 0) is 0 Å². The van der Waals surface area contributed by atoms with Gasteiger partial charge in [0.15, 0.2) is 0 Å². The van der Waals surface area contributed by atoms with Gasteiger partial charge in [0, 0.05) is 12.7 Å². The van der Waals surface area contributed by atoms with Crippen molar-refractivity contribution in [2.75, 3.05) is 11.9 Å². The van der Waals surface area contributed by atoms with Crippen LogP contribution in [0.3, 0.4) is 0 Å². The molecular formula is C7H11N3O3. The first-order valence-corrected chi connectivity index (χ1v) is 3.83. The van der Waals surface area contributed by atoms with Gasteiger partial charge in [-0.1, -0.05) is 0 Å². The maximum Gasteiger partial charge on any atom is 0.325 e. The maximum absolute atomic E-state index is 11.0. The molecule has 0 aliphatic carbocycles. The van der Waals surface area contributed by atoms with Crippen molar-refractivity contribution in [1.82, 2.24) is 9.97 Å². The van der Waals surface area contributed by atoms with Crippen molar-refractivity contribution in [3.8, 4) is 0 Å². The summed E-state index contributed by atoms with van der Waals surface area (Å²) >= 11 is 0. The molecule has 0 aliphatic rings. The average Bonchev–Trinajstić information content (AvgIpc) is 2.02. The van der Waals surface area contributed by atoms with E-state index >= 15 is 0 Å². The van der Waals surface area contributed by atoms with Crippen molar-refractivity contribution in [3.05, 3.63) is 27.0 Å². The first-order chi connectivity index (χ1) is 6.09. The van der Waals surface area contributed by atoms with Crippen molar-refractivity contribution in [3.63, 3.8) is 0 Å². The zero-order valence-corrected chi connectivity index (χ0v) is 7.13. The number of H-pyrrole nitrogens is 2. The zero-order chi connectivity index (χ0) is 9.84. The number of hydrogen-bond donors (Lipinski definition) is 4. The van der Waals surface area contributed by atoms with E-state index in [9.17, 15) is 9.59 Å². The van der Waals surface area contributed by atoms with Crippen LogP contribution < -0.4 is 16.6 Å². The molecule has 1 heterocycles. The van der Waals surface area contributed by atoms with Gasteiger partial charge in [0.2, 0.25) is 0 Å². The van der Waals surface area contributed by atoms with Crippen LogP contribution in [-0.4, -0.2) is 27.7 Å². The first-order valence-electron chi connectivity index (χ1n) is 3.83. The third-order valence-electron chi connectivity index (χ3n) is 1.41. The Balaban J connectivity index is 2.79. The number of anilines is 1. The van der Waals surface area contributed by atoms with E-state index in [1.807, 2.05) is 0 Å². The second-order valence-electron chi connectivity index (χ2n) is 2.72. The van der Waals surface area contributed by atoms with Gasteiger partial charge >= 0.3 is 5.69 Å².